The Kier molecular flexibility index (Phi) is 4.35. The summed E-state index contributed by atoms with van der Waals surface area (Å²) >= 11 is 0. The Balaban J connectivity index is 1.54. The minimum atomic E-state index is -0.256. The van der Waals surface area contributed by atoms with Gasteiger partial charge in [-0.3, -0.25) is 9.59 Å². The number of aryl methyl sites for hydroxylation is 1. The van der Waals surface area contributed by atoms with Crippen molar-refractivity contribution in [2.45, 2.75) is 25.4 Å². The van der Waals surface area contributed by atoms with Crippen molar-refractivity contribution in [2.24, 2.45) is 0 Å². The van der Waals surface area contributed by atoms with Gasteiger partial charge in [0.2, 0.25) is 0 Å². The van der Waals surface area contributed by atoms with Crippen molar-refractivity contribution in [3.05, 3.63) is 99.5 Å². The van der Waals surface area contributed by atoms with Crippen LogP contribution in [0.2, 0.25) is 0 Å². The Morgan fingerprint density at radius 2 is 1.81 bits per heavy atom. The van der Waals surface area contributed by atoms with E-state index in [1.807, 2.05) is 42.5 Å². The number of carbonyl (C=O) groups is 1. The summed E-state index contributed by atoms with van der Waals surface area (Å²) in [5.74, 6) is -0.256. The quantitative estimate of drug-likeness (QED) is 0.791. The van der Waals surface area contributed by atoms with Crippen LogP contribution in [0.15, 0.2) is 71.5 Å². The first-order chi connectivity index (χ1) is 12.7. The zero-order valence-electron chi connectivity index (χ0n) is 14.3. The Morgan fingerprint density at radius 1 is 1.04 bits per heavy atom. The van der Waals surface area contributed by atoms with Crippen molar-refractivity contribution < 1.29 is 4.79 Å². The lowest BCUT2D eigenvalue weighted by molar-refractivity contribution is 0.0929. The molecule has 0 spiro atoms. The van der Waals surface area contributed by atoms with Crippen LogP contribution < -0.4 is 10.9 Å². The summed E-state index contributed by atoms with van der Waals surface area (Å²) in [6.07, 6.45) is 1.84. The van der Waals surface area contributed by atoms with Crippen molar-refractivity contribution >= 4 is 5.91 Å². The molecule has 1 aromatic heterocycles. The van der Waals surface area contributed by atoms with Gasteiger partial charge in [-0.15, -0.1) is 0 Å². The number of amides is 1. The van der Waals surface area contributed by atoms with Gasteiger partial charge >= 0.3 is 0 Å². The Hall–Kier alpha value is -3.21. The largest absolute Gasteiger partial charge is 0.344 e. The van der Waals surface area contributed by atoms with E-state index in [2.05, 4.69) is 22.5 Å². The molecule has 0 aliphatic heterocycles. The van der Waals surface area contributed by atoms with Gasteiger partial charge in [-0.1, -0.05) is 54.6 Å². The minimum Gasteiger partial charge on any atom is -0.344 e. The molecule has 1 atom stereocenters. The van der Waals surface area contributed by atoms with Crippen molar-refractivity contribution in [3.63, 3.8) is 0 Å². The van der Waals surface area contributed by atoms with Crippen LogP contribution in [-0.4, -0.2) is 15.7 Å². The predicted octanol–water partition coefficient (Wildman–Crippen LogP) is 2.71. The maximum absolute atomic E-state index is 12.6. The Bertz CT molecular complexity index is 995. The molecule has 0 bridgehead atoms. The first-order valence-electron chi connectivity index (χ1n) is 8.71. The Morgan fingerprint density at radius 3 is 2.65 bits per heavy atom. The summed E-state index contributed by atoms with van der Waals surface area (Å²) in [6.45, 7) is 0.340. The van der Waals surface area contributed by atoms with Crippen LogP contribution >= 0.6 is 0 Å². The van der Waals surface area contributed by atoms with Gasteiger partial charge in [0.25, 0.3) is 11.5 Å². The molecular weight excluding hydrogens is 326 g/mol. The number of nitrogens with zero attached hydrogens (tertiary/aromatic N) is 2. The second-order valence-electron chi connectivity index (χ2n) is 6.46. The van der Waals surface area contributed by atoms with Crippen LogP contribution in [0.25, 0.3) is 0 Å². The third-order valence-corrected chi connectivity index (χ3v) is 4.71. The van der Waals surface area contributed by atoms with Crippen molar-refractivity contribution in [1.82, 2.24) is 15.1 Å². The van der Waals surface area contributed by atoms with E-state index >= 15 is 0 Å². The molecule has 0 radical (unpaired) electrons. The van der Waals surface area contributed by atoms with Gasteiger partial charge in [0.1, 0.15) is 5.69 Å². The highest BCUT2D eigenvalue weighted by atomic mass is 16.2. The van der Waals surface area contributed by atoms with E-state index in [0.29, 0.717) is 6.54 Å². The smallest absolute Gasteiger partial charge is 0.272 e. The summed E-state index contributed by atoms with van der Waals surface area (Å²) in [4.78, 5) is 24.7. The molecule has 0 fully saturated rings. The number of rotatable bonds is 4. The predicted molar refractivity (Wildman–Crippen MR) is 99.0 cm³/mol. The van der Waals surface area contributed by atoms with Crippen LogP contribution in [0.5, 0.6) is 0 Å². The zero-order valence-corrected chi connectivity index (χ0v) is 14.3. The van der Waals surface area contributed by atoms with Crippen molar-refractivity contribution in [3.8, 4) is 0 Å². The summed E-state index contributed by atoms with van der Waals surface area (Å²) in [5.41, 5.74) is 3.43. The van der Waals surface area contributed by atoms with Gasteiger partial charge in [-0.25, -0.2) is 4.68 Å². The standard InChI is InChI=1S/C21H19N3O2/c25-20-13-12-19(23-24(20)14-15-6-2-1-3-7-15)21(26)22-18-11-10-16-8-4-5-9-17(16)18/h1-9,12-13,18H,10-11,14H2,(H,22,26)/t18-/m1/s1. The molecule has 4 rings (SSSR count). The molecule has 130 valence electrons. The third kappa shape index (κ3) is 3.28. The number of fused-ring (bicyclic) bond motifs is 1. The topological polar surface area (TPSA) is 64.0 Å². The first-order valence-corrected chi connectivity index (χ1v) is 8.71. The number of hydrogen-bond acceptors (Lipinski definition) is 3. The van der Waals surface area contributed by atoms with E-state index in [0.717, 1.165) is 18.4 Å². The van der Waals surface area contributed by atoms with Crippen LogP contribution in [0, 0.1) is 0 Å². The zero-order chi connectivity index (χ0) is 17.9. The normalized spacial score (nSPS) is 15.5. The number of carbonyl (C=O) groups excluding carboxylic acids is 1. The van der Waals surface area contributed by atoms with E-state index in [1.54, 1.807) is 0 Å². The lowest BCUT2D eigenvalue weighted by Crippen LogP contribution is -2.31. The molecule has 1 N–H and O–H groups in total. The van der Waals surface area contributed by atoms with E-state index < -0.39 is 0 Å². The average molecular weight is 345 g/mol. The van der Waals surface area contributed by atoms with Crippen LogP contribution in [0.1, 0.15) is 39.6 Å². The van der Waals surface area contributed by atoms with Gasteiger partial charge < -0.3 is 5.32 Å². The van der Waals surface area contributed by atoms with Gasteiger partial charge in [0.15, 0.2) is 0 Å². The number of aromatic nitrogens is 2. The minimum absolute atomic E-state index is 0.00463. The van der Waals surface area contributed by atoms with Crippen LogP contribution in [0.4, 0.5) is 0 Å². The van der Waals surface area contributed by atoms with E-state index in [4.69, 9.17) is 0 Å². The lowest BCUT2D eigenvalue weighted by Gasteiger charge is -2.14. The molecule has 1 aliphatic carbocycles. The highest BCUT2D eigenvalue weighted by Crippen LogP contribution is 2.30. The highest BCUT2D eigenvalue weighted by molar-refractivity contribution is 5.92. The van der Waals surface area contributed by atoms with Crippen molar-refractivity contribution in [2.75, 3.05) is 0 Å². The van der Waals surface area contributed by atoms with Gasteiger partial charge in [0, 0.05) is 6.07 Å². The molecule has 5 nitrogen and oxygen atoms in total. The second kappa shape index (κ2) is 6.96. The molecule has 1 heterocycles. The third-order valence-electron chi connectivity index (χ3n) is 4.71. The molecule has 1 aliphatic rings. The molecule has 0 saturated carbocycles. The summed E-state index contributed by atoms with van der Waals surface area (Å²) in [7, 11) is 0. The van der Waals surface area contributed by atoms with E-state index in [9.17, 15) is 9.59 Å². The highest BCUT2D eigenvalue weighted by Gasteiger charge is 2.24. The fourth-order valence-corrected chi connectivity index (χ4v) is 3.38. The van der Waals surface area contributed by atoms with E-state index in [1.165, 1.54) is 27.9 Å². The molecule has 26 heavy (non-hydrogen) atoms. The molecule has 3 aromatic rings. The number of hydrogen-bond donors (Lipinski definition) is 1. The second-order valence-corrected chi connectivity index (χ2v) is 6.46. The van der Waals surface area contributed by atoms with Crippen LogP contribution in [-0.2, 0) is 13.0 Å². The molecular formula is C21H19N3O2. The fourth-order valence-electron chi connectivity index (χ4n) is 3.38. The molecule has 5 heteroatoms. The maximum atomic E-state index is 12.6. The van der Waals surface area contributed by atoms with Gasteiger partial charge in [-0.2, -0.15) is 5.10 Å². The fraction of sp³-hybridized carbons (Fsp3) is 0.190. The Labute approximate surface area is 151 Å². The molecule has 0 saturated heterocycles. The van der Waals surface area contributed by atoms with Gasteiger partial charge in [0.05, 0.1) is 12.6 Å². The number of nitrogens with one attached hydrogen (secondary N) is 1. The SMILES string of the molecule is O=C(N[C@@H]1CCc2ccccc21)c1ccc(=O)n(Cc2ccccc2)n1. The number of benzene rings is 2. The summed E-state index contributed by atoms with van der Waals surface area (Å²) < 4.78 is 1.33. The summed E-state index contributed by atoms with van der Waals surface area (Å²) in [6, 6.07) is 20.6. The summed E-state index contributed by atoms with van der Waals surface area (Å²) in [5, 5.41) is 7.30. The van der Waals surface area contributed by atoms with Gasteiger partial charge in [-0.05, 0) is 35.6 Å². The van der Waals surface area contributed by atoms with E-state index in [-0.39, 0.29) is 23.2 Å². The van der Waals surface area contributed by atoms with Crippen molar-refractivity contribution in [1.29, 1.82) is 0 Å². The monoisotopic (exact) mass is 345 g/mol. The average Bonchev–Trinajstić information content (AvgIpc) is 3.07. The maximum Gasteiger partial charge on any atom is 0.272 e. The molecule has 0 unspecified atom stereocenters. The van der Waals surface area contributed by atoms with Crippen LogP contribution in [0.3, 0.4) is 0 Å². The first kappa shape index (κ1) is 16.3. The molecule has 1 amide bonds. The lowest BCUT2D eigenvalue weighted by atomic mass is 10.1. The molecule has 2 aromatic carbocycles.